The lowest BCUT2D eigenvalue weighted by Crippen LogP contribution is -2.43. The summed E-state index contributed by atoms with van der Waals surface area (Å²) in [6.45, 7) is 5.32. The van der Waals surface area contributed by atoms with E-state index in [0.29, 0.717) is 0 Å². The van der Waals surface area contributed by atoms with E-state index in [1.54, 1.807) is 11.3 Å². The highest BCUT2D eigenvalue weighted by molar-refractivity contribution is 7.15. The van der Waals surface area contributed by atoms with Crippen molar-refractivity contribution in [3.05, 3.63) is 47.6 Å². The van der Waals surface area contributed by atoms with Gasteiger partial charge in [0.15, 0.2) is 4.96 Å². The molecular weight excluding hydrogens is 280 g/mol. The third-order valence-electron chi connectivity index (χ3n) is 3.99. The fraction of sp³-hybridized carbons (Fsp3) is 0.312. The molecule has 0 unspecified atom stereocenters. The molecule has 1 aliphatic rings. The van der Waals surface area contributed by atoms with Crippen molar-refractivity contribution in [2.45, 2.75) is 6.54 Å². The van der Waals surface area contributed by atoms with Gasteiger partial charge in [-0.05, 0) is 0 Å². The molecule has 108 valence electrons. The average Bonchev–Trinajstić information content (AvgIpc) is 3.12. The molecule has 1 aliphatic heterocycles. The van der Waals surface area contributed by atoms with Crippen molar-refractivity contribution in [3.63, 3.8) is 0 Å². The predicted molar refractivity (Wildman–Crippen MR) is 86.7 cm³/mol. The van der Waals surface area contributed by atoms with Crippen LogP contribution in [0.15, 0.2) is 41.9 Å². The second kappa shape index (κ2) is 5.60. The van der Waals surface area contributed by atoms with Crippen molar-refractivity contribution in [2.75, 3.05) is 26.2 Å². The molecule has 0 radical (unpaired) electrons. The smallest absolute Gasteiger partial charge is 0.194 e. The van der Waals surface area contributed by atoms with E-state index in [9.17, 15) is 0 Å². The third kappa shape index (κ3) is 2.48. The number of piperazine rings is 1. The van der Waals surface area contributed by atoms with Gasteiger partial charge in [-0.2, -0.15) is 0 Å². The van der Waals surface area contributed by atoms with E-state index in [0.717, 1.165) is 43.4 Å². The van der Waals surface area contributed by atoms with Crippen molar-refractivity contribution in [3.8, 4) is 11.3 Å². The maximum absolute atomic E-state index is 4.85. The summed E-state index contributed by atoms with van der Waals surface area (Å²) >= 11 is 1.70. The summed E-state index contributed by atoms with van der Waals surface area (Å²) in [7, 11) is 0. The van der Waals surface area contributed by atoms with E-state index >= 15 is 0 Å². The van der Waals surface area contributed by atoms with Crippen molar-refractivity contribution >= 4 is 16.3 Å². The molecular formula is C16H18N4S. The average molecular weight is 298 g/mol. The van der Waals surface area contributed by atoms with Crippen LogP contribution in [0, 0.1) is 0 Å². The molecule has 5 heteroatoms. The summed E-state index contributed by atoms with van der Waals surface area (Å²) in [4.78, 5) is 8.43. The molecule has 0 spiro atoms. The molecule has 2 aromatic heterocycles. The quantitative estimate of drug-likeness (QED) is 0.806. The number of fused-ring (bicyclic) bond motifs is 1. The third-order valence-corrected chi connectivity index (χ3v) is 4.75. The topological polar surface area (TPSA) is 32.6 Å². The molecule has 4 rings (SSSR count). The zero-order valence-electron chi connectivity index (χ0n) is 11.8. The van der Waals surface area contributed by atoms with Gasteiger partial charge in [0.2, 0.25) is 0 Å². The van der Waals surface area contributed by atoms with Crippen LogP contribution in [0.4, 0.5) is 0 Å². The summed E-state index contributed by atoms with van der Waals surface area (Å²) in [5, 5.41) is 5.52. The van der Waals surface area contributed by atoms with Gasteiger partial charge in [0.1, 0.15) is 0 Å². The van der Waals surface area contributed by atoms with Crippen LogP contribution in [0.25, 0.3) is 16.2 Å². The zero-order chi connectivity index (χ0) is 14.1. The number of rotatable bonds is 3. The van der Waals surface area contributed by atoms with Crippen molar-refractivity contribution in [1.82, 2.24) is 19.6 Å². The lowest BCUT2D eigenvalue weighted by Gasteiger charge is -2.27. The van der Waals surface area contributed by atoms with Crippen LogP contribution in [0.1, 0.15) is 5.69 Å². The summed E-state index contributed by atoms with van der Waals surface area (Å²) in [6, 6.07) is 10.5. The number of hydrogen-bond donors (Lipinski definition) is 1. The maximum atomic E-state index is 4.85. The highest BCUT2D eigenvalue weighted by atomic mass is 32.1. The molecule has 4 nitrogen and oxygen atoms in total. The van der Waals surface area contributed by atoms with E-state index in [4.69, 9.17) is 4.98 Å². The lowest BCUT2D eigenvalue weighted by atomic mass is 10.1. The number of hydrogen-bond acceptors (Lipinski definition) is 4. The van der Waals surface area contributed by atoms with Gasteiger partial charge in [-0.3, -0.25) is 9.30 Å². The van der Waals surface area contributed by atoms with Crippen molar-refractivity contribution in [2.24, 2.45) is 0 Å². The zero-order valence-corrected chi connectivity index (χ0v) is 12.6. The highest BCUT2D eigenvalue weighted by Gasteiger charge is 2.18. The minimum absolute atomic E-state index is 0.962. The van der Waals surface area contributed by atoms with E-state index in [-0.39, 0.29) is 0 Å². The van der Waals surface area contributed by atoms with Gasteiger partial charge in [-0.1, -0.05) is 30.3 Å². The first-order chi connectivity index (χ1) is 10.4. The normalized spacial score (nSPS) is 16.6. The summed E-state index contributed by atoms with van der Waals surface area (Å²) in [5.74, 6) is 0. The first kappa shape index (κ1) is 13.0. The molecule has 21 heavy (non-hydrogen) atoms. The Morgan fingerprint density at radius 3 is 2.76 bits per heavy atom. The first-order valence-corrected chi connectivity index (χ1v) is 8.23. The number of thiazole rings is 1. The van der Waals surface area contributed by atoms with Crippen molar-refractivity contribution in [1.29, 1.82) is 0 Å². The van der Waals surface area contributed by atoms with Crippen molar-refractivity contribution < 1.29 is 0 Å². The molecule has 1 fully saturated rings. The first-order valence-electron chi connectivity index (χ1n) is 7.35. The number of benzene rings is 1. The lowest BCUT2D eigenvalue weighted by molar-refractivity contribution is 0.230. The minimum Gasteiger partial charge on any atom is -0.314 e. The predicted octanol–water partition coefficient (Wildman–Crippen LogP) is 2.47. The van der Waals surface area contributed by atoms with E-state index < -0.39 is 0 Å². The van der Waals surface area contributed by atoms with E-state index in [2.05, 4.69) is 56.5 Å². The highest BCUT2D eigenvalue weighted by Crippen LogP contribution is 2.27. The Morgan fingerprint density at radius 1 is 1.14 bits per heavy atom. The van der Waals surface area contributed by atoms with Gasteiger partial charge in [-0.15, -0.1) is 11.3 Å². The van der Waals surface area contributed by atoms with E-state index in [1.807, 2.05) is 0 Å². The number of aromatic nitrogens is 2. The molecule has 0 saturated carbocycles. The molecule has 0 amide bonds. The molecule has 1 aromatic carbocycles. The van der Waals surface area contributed by atoms with Gasteiger partial charge < -0.3 is 5.32 Å². The van der Waals surface area contributed by atoms with Gasteiger partial charge in [0.25, 0.3) is 0 Å². The number of nitrogens with zero attached hydrogens (tertiary/aromatic N) is 3. The standard InChI is InChI=1S/C16H18N4S/c1-2-4-13(5-3-1)15-14(12-19-8-6-17-7-9-19)20-10-11-21-16(20)18-15/h1-5,10-11,17H,6-9,12H2. The van der Waals surface area contributed by atoms with Gasteiger partial charge in [0, 0.05) is 49.9 Å². The Hall–Kier alpha value is -1.69. The summed E-state index contributed by atoms with van der Waals surface area (Å²) in [5.41, 5.74) is 3.64. The number of nitrogens with one attached hydrogen (secondary N) is 1. The molecule has 0 atom stereocenters. The van der Waals surface area contributed by atoms with Crippen LogP contribution in [0.5, 0.6) is 0 Å². The van der Waals surface area contributed by atoms with Crippen LogP contribution >= 0.6 is 11.3 Å². The molecule has 1 N–H and O–H groups in total. The largest absolute Gasteiger partial charge is 0.314 e. The van der Waals surface area contributed by atoms with Crippen LogP contribution in [-0.4, -0.2) is 40.5 Å². The fourth-order valence-electron chi connectivity index (χ4n) is 2.89. The second-order valence-corrected chi connectivity index (χ2v) is 6.23. The van der Waals surface area contributed by atoms with Gasteiger partial charge >= 0.3 is 0 Å². The summed E-state index contributed by atoms with van der Waals surface area (Å²) < 4.78 is 2.25. The SMILES string of the molecule is c1ccc(-c2nc3sccn3c2CN2CCNCC2)cc1. The van der Waals surface area contributed by atoms with Crippen LogP contribution in [0.2, 0.25) is 0 Å². The Bertz CT molecular complexity index is 725. The van der Waals surface area contributed by atoms with Crippen LogP contribution in [0.3, 0.4) is 0 Å². The minimum atomic E-state index is 0.962. The Kier molecular flexibility index (Phi) is 3.47. The van der Waals surface area contributed by atoms with Crippen LogP contribution in [-0.2, 0) is 6.54 Å². The summed E-state index contributed by atoms with van der Waals surface area (Å²) in [6.07, 6.45) is 2.14. The van der Waals surface area contributed by atoms with Crippen LogP contribution < -0.4 is 5.32 Å². The van der Waals surface area contributed by atoms with E-state index in [1.165, 1.54) is 11.3 Å². The number of imidazole rings is 1. The molecule has 3 heterocycles. The molecule has 1 saturated heterocycles. The molecule has 0 aliphatic carbocycles. The maximum Gasteiger partial charge on any atom is 0.194 e. The molecule has 0 bridgehead atoms. The Labute approximate surface area is 128 Å². The van der Waals surface area contributed by atoms with Gasteiger partial charge in [-0.25, -0.2) is 4.98 Å². The van der Waals surface area contributed by atoms with Gasteiger partial charge in [0.05, 0.1) is 11.4 Å². The Morgan fingerprint density at radius 2 is 1.95 bits per heavy atom. The second-order valence-electron chi connectivity index (χ2n) is 5.35. The fourth-order valence-corrected chi connectivity index (χ4v) is 3.62. The Balaban J connectivity index is 1.75. The monoisotopic (exact) mass is 298 g/mol. The molecule has 3 aromatic rings.